The highest BCUT2D eigenvalue weighted by molar-refractivity contribution is 6.31. The monoisotopic (exact) mass is 310 g/mol. The predicted octanol–water partition coefficient (Wildman–Crippen LogP) is 0.877. The number of hydrogen-bond acceptors (Lipinski definition) is 4. The van der Waals surface area contributed by atoms with Gasteiger partial charge in [-0.25, -0.2) is 0 Å². The fourth-order valence-corrected chi connectivity index (χ4v) is 1.97. The number of anilines is 1. The van der Waals surface area contributed by atoms with Crippen LogP contribution in [-0.2, 0) is 11.8 Å². The van der Waals surface area contributed by atoms with E-state index in [-0.39, 0.29) is 17.3 Å². The Labute approximate surface area is 125 Å². The standard InChI is InChI=1S/C12H15ClN6O2/c1-6-8(13)5-19(17-6)7(2)12(21)16-9-4-15-18(3)10(9)11(14)20/h4-5,7H,1-3H3,(H2,14,20)(H,16,21). The van der Waals surface area contributed by atoms with Crippen LogP contribution in [0.1, 0.15) is 29.1 Å². The molecule has 0 fully saturated rings. The van der Waals surface area contributed by atoms with Crippen LogP contribution in [0.4, 0.5) is 5.69 Å². The van der Waals surface area contributed by atoms with E-state index in [1.807, 2.05) is 0 Å². The highest BCUT2D eigenvalue weighted by Crippen LogP contribution is 2.19. The van der Waals surface area contributed by atoms with Gasteiger partial charge in [0.2, 0.25) is 5.91 Å². The van der Waals surface area contributed by atoms with E-state index < -0.39 is 11.9 Å². The quantitative estimate of drug-likeness (QED) is 0.873. The van der Waals surface area contributed by atoms with Crippen LogP contribution in [0.3, 0.4) is 0 Å². The number of nitrogens with two attached hydrogens (primary N) is 1. The molecular formula is C12H15ClN6O2. The first kappa shape index (κ1) is 15.0. The minimum absolute atomic E-state index is 0.130. The van der Waals surface area contributed by atoms with Crippen molar-refractivity contribution in [2.45, 2.75) is 19.9 Å². The molecule has 2 aromatic heterocycles. The van der Waals surface area contributed by atoms with Gasteiger partial charge in [-0.1, -0.05) is 11.6 Å². The van der Waals surface area contributed by atoms with E-state index in [4.69, 9.17) is 17.3 Å². The van der Waals surface area contributed by atoms with Gasteiger partial charge in [-0.2, -0.15) is 10.2 Å². The number of carbonyl (C=O) groups is 2. The van der Waals surface area contributed by atoms with Gasteiger partial charge < -0.3 is 11.1 Å². The smallest absolute Gasteiger partial charge is 0.269 e. The first-order chi connectivity index (χ1) is 9.81. The lowest BCUT2D eigenvalue weighted by Gasteiger charge is -2.12. The number of aromatic nitrogens is 4. The van der Waals surface area contributed by atoms with E-state index in [2.05, 4.69) is 15.5 Å². The molecule has 0 aromatic carbocycles. The molecule has 9 heteroatoms. The van der Waals surface area contributed by atoms with Gasteiger partial charge in [-0.3, -0.25) is 19.0 Å². The summed E-state index contributed by atoms with van der Waals surface area (Å²) in [6.07, 6.45) is 2.94. The van der Waals surface area contributed by atoms with Crippen molar-refractivity contribution >= 4 is 29.1 Å². The van der Waals surface area contributed by atoms with Gasteiger partial charge in [0.1, 0.15) is 11.7 Å². The van der Waals surface area contributed by atoms with E-state index in [1.165, 1.54) is 15.6 Å². The second kappa shape index (κ2) is 5.57. The summed E-state index contributed by atoms with van der Waals surface area (Å²) < 4.78 is 2.75. The molecule has 0 bridgehead atoms. The molecule has 0 aliphatic carbocycles. The molecule has 2 heterocycles. The van der Waals surface area contributed by atoms with E-state index >= 15 is 0 Å². The van der Waals surface area contributed by atoms with Gasteiger partial charge in [0.25, 0.3) is 5.91 Å². The number of nitrogens with zero attached hydrogens (tertiary/aromatic N) is 4. The Bertz CT molecular complexity index is 685. The van der Waals surface area contributed by atoms with Gasteiger partial charge >= 0.3 is 0 Å². The van der Waals surface area contributed by atoms with Crippen molar-refractivity contribution in [2.75, 3.05) is 5.32 Å². The van der Waals surface area contributed by atoms with Crippen LogP contribution in [0.2, 0.25) is 5.02 Å². The maximum Gasteiger partial charge on any atom is 0.269 e. The molecule has 21 heavy (non-hydrogen) atoms. The summed E-state index contributed by atoms with van der Waals surface area (Å²) in [5.74, 6) is -1.03. The Morgan fingerprint density at radius 3 is 2.67 bits per heavy atom. The lowest BCUT2D eigenvalue weighted by Crippen LogP contribution is -2.26. The largest absolute Gasteiger partial charge is 0.364 e. The molecular weight excluding hydrogens is 296 g/mol. The fraction of sp³-hybridized carbons (Fsp3) is 0.333. The van der Waals surface area contributed by atoms with E-state index in [0.29, 0.717) is 10.7 Å². The van der Waals surface area contributed by atoms with Crippen LogP contribution in [0.15, 0.2) is 12.4 Å². The number of primary amides is 1. The molecule has 2 amide bonds. The van der Waals surface area contributed by atoms with Crippen LogP contribution in [0.25, 0.3) is 0 Å². The molecule has 2 rings (SSSR count). The van der Waals surface area contributed by atoms with E-state index in [1.54, 1.807) is 27.1 Å². The average molecular weight is 311 g/mol. The predicted molar refractivity (Wildman–Crippen MR) is 77.0 cm³/mol. The number of rotatable bonds is 4. The van der Waals surface area contributed by atoms with Gasteiger partial charge in [-0.05, 0) is 13.8 Å². The van der Waals surface area contributed by atoms with Gasteiger partial charge in [0.15, 0.2) is 0 Å². The molecule has 0 spiro atoms. The van der Waals surface area contributed by atoms with Crippen molar-refractivity contribution in [3.05, 3.63) is 28.8 Å². The minimum Gasteiger partial charge on any atom is -0.364 e. The summed E-state index contributed by atoms with van der Waals surface area (Å²) in [5.41, 5.74) is 6.29. The zero-order valence-electron chi connectivity index (χ0n) is 11.8. The average Bonchev–Trinajstić information content (AvgIpc) is 2.92. The van der Waals surface area contributed by atoms with Crippen LogP contribution >= 0.6 is 11.6 Å². The Hall–Kier alpha value is -2.35. The summed E-state index contributed by atoms with van der Waals surface area (Å²) >= 11 is 5.92. The van der Waals surface area contributed by atoms with Crippen molar-refractivity contribution in [3.63, 3.8) is 0 Å². The molecule has 0 radical (unpaired) electrons. The molecule has 1 unspecified atom stereocenters. The number of aryl methyl sites for hydroxylation is 2. The highest BCUT2D eigenvalue weighted by atomic mass is 35.5. The van der Waals surface area contributed by atoms with Crippen molar-refractivity contribution in [1.29, 1.82) is 0 Å². The molecule has 0 saturated carbocycles. The fourth-order valence-electron chi connectivity index (χ4n) is 1.84. The lowest BCUT2D eigenvalue weighted by molar-refractivity contribution is -0.119. The van der Waals surface area contributed by atoms with E-state index in [9.17, 15) is 9.59 Å². The van der Waals surface area contributed by atoms with Crippen molar-refractivity contribution < 1.29 is 9.59 Å². The highest BCUT2D eigenvalue weighted by Gasteiger charge is 2.21. The molecule has 2 aromatic rings. The van der Waals surface area contributed by atoms with Crippen LogP contribution in [0, 0.1) is 6.92 Å². The van der Waals surface area contributed by atoms with E-state index in [0.717, 1.165) is 0 Å². The van der Waals surface area contributed by atoms with Crippen LogP contribution in [0.5, 0.6) is 0 Å². The number of amides is 2. The third kappa shape index (κ3) is 2.89. The number of nitrogens with one attached hydrogen (secondary N) is 1. The zero-order chi connectivity index (χ0) is 15.7. The lowest BCUT2D eigenvalue weighted by atomic mass is 10.3. The third-order valence-corrected chi connectivity index (χ3v) is 3.43. The Balaban J connectivity index is 2.20. The van der Waals surface area contributed by atoms with Gasteiger partial charge in [0.05, 0.1) is 22.6 Å². The molecule has 0 aliphatic rings. The second-order valence-electron chi connectivity index (χ2n) is 4.60. The molecule has 1 atom stereocenters. The maximum atomic E-state index is 12.2. The van der Waals surface area contributed by atoms with Crippen LogP contribution in [-0.4, -0.2) is 31.4 Å². The van der Waals surface area contributed by atoms with Crippen molar-refractivity contribution in [3.8, 4) is 0 Å². The molecule has 112 valence electrons. The second-order valence-corrected chi connectivity index (χ2v) is 5.01. The minimum atomic E-state index is -0.670. The summed E-state index contributed by atoms with van der Waals surface area (Å²) in [6.45, 7) is 3.41. The molecule has 0 saturated heterocycles. The number of hydrogen-bond donors (Lipinski definition) is 2. The molecule has 3 N–H and O–H groups in total. The molecule has 0 aliphatic heterocycles. The Morgan fingerprint density at radius 1 is 1.48 bits per heavy atom. The number of halogens is 1. The van der Waals surface area contributed by atoms with Crippen molar-refractivity contribution in [2.24, 2.45) is 12.8 Å². The zero-order valence-corrected chi connectivity index (χ0v) is 12.5. The first-order valence-corrected chi connectivity index (χ1v) is 6.53. The normalized spacial score (nSPS) is 12.2. The summed E-state index contributed by atoms with van der Waals surface area (Å²) in [5, 5.41) is 11.1. The summed E-state index contributed by atoms with van der Waals surface area (Å²) in [7, 11) is 1.57. The number of carbonyl (C=O) groups excluding carboxylic acids is 2. The van der Waals surface area contributed by atoms with Crippen molar-refractivity contribution in [1.82, 2.24) is 19.6 Å². The summed E-state index contributed by atoms with van der Waals surface area (Å²) in [6, 6.07) is -0.600. The maximum absolute atomic E-state index is 12.2. The summed E-state index contributed by atoms with van der Waals surface area (Å²) in [4.78, 5) is 23.6. The Kier molecular flexibility index (Phi) is 3.99. The molecule has 8 nitrogen and oxygen atoms in total. The van der Waals surface area contributed by atoms with Gasteiger partial charge in [0, 0.05) is 13.2 Å². The Morgan fingerprint density at radius 2 is 2.14 bits per heavy atom. The van der Waals surface area contributed by atoms with Gasteiger partial charge in [-0.15, -0.1) is 0 Å². The SMILES string of the molecule is Cc1nn(C(C)C(=O)Nc2cnn(C)c2C(N)=O)cc1Cl. The topological polar surface area (TPSA) is 108 Å². The third-order valence-electron chi connectivity index (χ3n) is 3.06. The first-order valence-electron chi connectivity index (χ1n) is 6.15. The van der Waals surface area contributed by atoms with Crippen LogP contribution < -0.4 is 11.1 Å².